The maximum atomic E-state index is 12.5. The van der Waals surface area contributed by atoms with E-state index in [-0.39, 0.29) is 17.4 Å². The Morgan fingerprint density at radius 3 is 2.67 bits per heavy atom. The van der Waals surface area contributed by atoms with Crippen LogP contribution in [0.1, 0.15) is 23.1 Å². The summed E-state index contributed by atoms with van der Waals surface area (Å²) < 4.78 is 10.6. The Morgan fingerprint density at radius 2 is 1.90 bits per heavy atom. The molecule has 3 heterocycles. The molecule has 2 fully saturated rings. The molecule has 0 unspecified atom stereocenters. The number of aromatic amines is 1. The summed E-state index contributed by atoms with van der Waals surface area (Å²) in [6.07, 6.45) is 0. The van der Waals surface area contributed by atoms with Crippen LogP contribution >= 0.6 is 0 Å². The molecule has 0 bridgehead atoms. The van der Waals surface area contributed by atoms with Crippen LogP contribution in [-0.4, -0.2) is 81.5 Å². The SMILES string of the molecule is COCCN1CCN(c2nc([C@@H]3CNC[C@H]3c3cccc(OC)c3)cc(=O)[nH]2)CC1. The van der Waals surface area contributed by atoms with Gasteiger partial charge >= 0.3 is 0 Å². The molecule has 2 aliphatic heterocycles. The molecule has 0 saturated carbocycles. The van der Waals surface area contributed by atoms with E-state index in [4.69, 9.17) is 14.5 Å². The maximum absolute atomic E-state index is 12.5. The molecule has 1 aromatic heterocycles. The van der Waals surface area contributed by atoms with Gasteiger partial charge in [-0.1, -0.05) is 12.1 Å². The van der Waals surface area contributed by atoms with Gasteiger partial charge in [-0.05, 0) is 17.7 Å². The second-order valence-corrected chi connectivity index (χ2v) is 7.96. The van der Waals surface area contributed by atoms with Crippen LogP contribution in [0.15, 0.2) is 35.1 Å². The smallest absolute Gasteiger partial charge is 0.252 e. The number of anilines is 1. The minimum atomic E-state index is -0.0897. The van der Waals surface area contributed by atoms with Crippen molar-refractivity contribution in [3.8, 4) is 5.75 Å². The Hall–Kier alpha value is -2.42. The molecular weight excluding hydrogens is 382 g/mol. The summed E-state index contributed by atoms with van der Waals surface area (Å²) >= 11 is 0. The van der Waals surface area contributed by atoms with E-state index in [1.807, 2.05) is 12.1 Å². The topological polar surface area (TPSA) is 82.7 Å². The number of aromatic nitrogens is 2. The highest BCUT2D eigenvalue weighted by Gasteiger charge is 2.32. The molecule has 162 valence electrons. The van der Waals surface area contributed by atoms with Crippen molar-refractivity contribution < 1.29 is 9.47 Å². The van der Waals surface area contributed by atoms with E-state index in [1.165, 1.54) is 5.56 Å². The van der Waals surface area contributed by atoms with Gasteiger partial charge in [0.05, 0.1) is 19.4 Å². The zero-order valence-electron chi connectivity index (χ0n) is 17.8. The average Bonchev–Trinajstić information content (AvgIpc) is 3.28. The predicted molar refractivity (Wildman–Crippen MR) is 117 cm³/mol. The summed E-state index contributed by atoms with van der Waals surface area (Å²) in [4.78, 5) is 24.9. The van der Waals surface area contributed by atoms with Crippen molar-refractivity contribution in [1.29, 1.82) is 0 Å². The Bertz CT molecular complexity index is 894. The van der Waals surface area contributed by atoms with E-state index in [9.17, 15) is 4.79 Å². The van der Waals surface area contributed by atoms with E-state index < -0.39 is 0 Å². The first-order valence-electron chi connectivity index (χ1n) is 10.6. The number of nitrogens with zero attached hydrogens (tertiary/aromatic N) is 3. The number of piperazine rings is 1. The zero-order chi connectivity index (χ0) is 20.9. The molecule has 2 aliphatic rings. The average molecular weight is 414 g/mol. The number of hydrogen-bond donors (Lipinski definition) is 2. The first-order valence-corrected chi connectivity index (χ1v) is 10.6. The normalized spacial score (nSPS) is 22.4. The lowest BCUT2D eigenvalue weighted by Crippen LogP contribution is -2.48. The summed E-state index contributed by atoms with van der Waals surface area (Å²) in [5.41, 5.74) is 1.97. The summed E-state index contributed by atoms with van der Waals surface area (Å²) in [6, 6.07) is 9.84. The molecule has 8 heteroatoms. The van der Waals surface area contributed by atoms with Crippen LogP contribution in [0.3, 0.4) is 0 Å². The van der Waals surface area contributed by atoms with E-state index in [2.05, 4.69) is 32.2 Å². The van der Waals surface area contributed by atoms with Crippen molar-refractivity contribution in [2.75, 3.05) is 71.5 Å². The van der Waals surface area contributed by atoms with Crippen LogP contribution in [-0.2, 0) is 4.74 Å². The molecule has 2 saturated heterocycles. The minimum Gasteiger partial charge on any atom is -0.497 e. The van der Waals surface area contributed by atoms with Gasteiger partial charge in [-0.2, -0.15) is 0 Å². The van der Waals surface area contributed by atoms with Gasteiger partial charge in [0.2, 0.25) is 5.95 Å². The van der Waals surface area contributed by atoms with Crippen molar-refractivity contribution in [3.63, 3.8) is 0 Å². The summed E-state index contributed by atoms with van der Waals surface area (Å²) in [5.74, 6) is 1.94. The van der Waals surface area contributed by atoms with Crippen molar-refractivity contribution in [2.45, 2.75) is 11.8 Å². The molecular formula is C22H31N5O3. The van der Waals surface area contributed by atoms with Crippen LogP contribution in [0.5, 0.6) is 5.75 Å². The number of ether oxygens (including phenoxy) is 2. The molecule has 2 N–H and O–H groups in total. The summed E-state index contributed by atoms with van der Waals surface area (Å²) in [7, 11) is 3.41. The van der Waals surface area contributed by atoms with Crippen LogP contribution < -0.4 is 20.5 Å². The maximum Gasteiger partial charge on any atom is 0.252 e. The van der Waals surface area contributed by atoms with Crippen molar-refractivity contribution in [3.05, 3.63) is 51.9 Å². The minimum absolute atomic E-state index is 0.0897. The van der Waals surface area contributed by atoms with Crippen LogP contribution in [0.4, 0.5) is 5.95 Å². The van der Waals surface area contributed by atoms with E-state index in [1.54, 1.807) is 20.3 Å². The summed E-state index contributed by atoms with van der Waals surface area (Å²) in [5, 5.41) is 3.48. The largest absolute Gasteiger partial charge is 0.497 e. The molecule has 0 amide bonds. The highest BCUT2D eigenvalue weighted by Crippen LogP contribution is 2.36. The molecule has 0 aliphatic carbocycles. The quantitative estimate of drug-likeness (QED) is 0.701. The first kappa shape index (κ1) is 20.8. The van der Waals surface area contributed by atoms with Gasteiger partial charge in [0.25, 0.3) is 5.56 Å². The van der Waals surface area contributed by atoms with Crippen LogP contribution in [0, 0.1) is 0 Å². The lowest BCUT2D eigenvalue weighted by molar-refractivity contribution is 0.143. The number of benzene rings is 1. The van der Waals surface area contributed by atoms with Crippen molar-refractivity contribution >= 4 is 5.95 Å². The van der Waals surface area contributed by atoms with Gasteiger partial charge in [-0.3, -0.25) is 14.7 Å². The van der Waals surface area contributed by atoms with E-state index in [0.29, 0.717) is 5.95 Å². The molecule has 2 atom stereocenters. The number of rotatable bonds is 7. The molecule has 4 rings (SSSR count). The van der Waals surface area contributed by atoms with Gasteiger partial charge in [0.1, 0.15) is 5.75 Å². The zero-order valence-corrected chi connectivity index (χ0v) is 17.8. The molecule has 0 radical (unpaired) electrons. The Balaban J connectivity index is 1.52. The lowest BCUT2D eigenvalue weighted by atomic mass is 9.86. The van der Waals surface area contributed by atoms with E-state index >= 15 is 0 Å². The van der Waals surface area contributed by atoms with E-state index in [0.717, 1.165) is 63.9 Å². The van der Waals surface area contributed by atoms with Gasteiger partial charge < -0.3 is 19.7 Å². The number of H-pyrrole nitrogens is 1. The van der Waals surface area contributed by atoms with Gasteiger partial charge in [0, 0.05) is 70.8 Å². The fraction of sp³-hybridized carbons (Fsp3) is 0.545. The monoisotopic (exact) mass is 413 g/mol. The number of nitrogens with one attached hydrogen (secondary N) is 2. The number of hydrogen-bond acceptors (Lipinski definition) is 7. The second kappa shape index (κ2) is 9.59. The molecule has 0 spiro atoms. The van der Waals surface area contributed by atoms with Gasteiger partial charge in [-0.25, -0.2) is 4.98 Å². The second-order valence-electron chi connectivity index (χ2n) is 7.96. The van der Waals surface area contributed by atoms with Crippen LogP contribution in [0.2, 0.25) is 0 Å². The highest BCUT2D eigenvalue weighted by atomic mass is 16.5. The summed E-state index contributed by atoms with van der Waals surface area (Å²) in [6.45, 7) is 6.91. The molecule has 2 aromatic rings. The van der Waals surface area contributed by atoms with Gasteiger partial charge in [-0.15, -0.1) is 0 Å². The Morgan fingerprint density at radius 1 is 1.10 bits per heavy atom. The van der Waals surface area contributed by atoms with Gasteiger partial charge in [0.15, 0.2) is 0 Å². The Labute approximate surface area is 177 Å². The predicted octanol–water partition coefficient (Wildman–Crippen LogP) is 1.02. The molecule has 8 nitrogen and oxygen atoms in total. The number of methoxy groups -OCH3 is 2. The Kier molecular flexibility index (Phi) is 6.66. The first-order chi connectivity index (χ1) is 14.7. The highest BCUT2D eigenvalue weighted by molar-refractivity contribution is 5.37. The lowest BCUT2D eigenvalue weighted by Gasteiger charge is -2.35. The molecule has 30 heavy (non-hydrogen) atoms. The standard InChI is InChI=1S/C22H31N5O3/c1-29-11-10-26-6-8-27(9-7-26)22-24-20(13-21(28)25-22)19-15-23-14-18(19)16-4-3-5-17(12-16)30-2/h3-5,12-13,18-19,23H,6-11,14-15H2,1-2H3,(H,24,25,28)/t18-,19+/m0/s1. The van der Waals surface area contributed by atoms with Crippen LogP contribution in [0.25, 0.3) is 0 Å². The fourth-order valence-corrected chi connectivity index (χ4v) is 4.42. The fourth-order valence-electron chi connectivity index (χ4n) is 4.42. The third kappa shape index (κ3) is 4.66. The van der Waals surface area contributed by atoms with Crippen molar-refractivity contribution in [2.24, 2.45) is 0 Å². The third-order valence-corrected chi connectivity index (χ3v) is 6.15. The molecule has 1 aromatic carbocycles. The van der Waals surface area contributed by atoms with Crippen molar-refractivity contribution in [1.82, 2.24) is 20.2 Å². The third-order valence-electron chi connectivity index (χ3n) is 6.15.